The maximum Gasteiger partial charge on any atom is 0.257 e. The predicted molar refractivity (Wildman–Crippen MR) is 196 cm³/mol. The van der Waals surface area contributed by atoms with Gasteiger partial charge in [0.05, 0.1) is 39.5 Å². The Labute approximate surface area is 293 Å². The molecule has 0 unspecified atom stereocenters. The van der Waals surface area contributed by atoms with Gasteiger partial charge in [-0.25, -0.2) is 4.98 Å². The number of amides is 2. The minimum Gasteiger partial charge on any atom is -0.389 e. The number of halogens is 2. The molecule has 1 aromatic heterocycles. The van der Waals surface area contributed by atoms with Crippen molar-refractivity contribution >= 4 is 57.4 Å². The topological polar surface area (TPSA) is 99.5 Å². The predicted octanol–water partition coefficient (Wildman–Crippen LogP) is 8.16. The Bertz CT molecular complexity index is 1810. The van der Waals surface area contributed by atoms with Crippen LogP contribution < -0.4 is 15.5 Å². The highest BCUT2D eigenvalue weighted by Gasteiger charge is 2.27. The fourth-order valence-electron chi connectivity index (χ4n) is 5.98. The van der Waals surface area contributed by atoms with Crippen molar-refractivity contribution in [2.45, 2.75) is 86.4 Å². The summed E-state index contributed by atoms with van der Waals surface area (Å²) in [5, 5.41) is 18.0. The number of nitrogens with zero attached hydrogens (tertiary/aromatic N) is 3. The minimum atomic E-state index is -1.06. The van der Waals surface area contributed by atoms with Crippen molar-refractivity contribution in [1.29, 1.82) is 0 Å². The van der Waals surface area contributed by atoms with Crippen molar-refractivity contribution in [2.75, 3.05) is 23.3 Å². The molecule has 1 fully saturated rings. The van der Waals surface area contributed by atoms with Gasteiger partial charge in [-0.05, 0) is 81.0 Å². The average Bonchev–Trinajstić information content (AvgIpc) is 3.33. The summed E-state index contributed by atoms with van der Waals surface area (Å²) in [4.78, 5) is 33.8. The van der Waals surface area contributed by atoms with Gasteiger partial charge in [-0.3, -0.25) is 9.59 Å². The second kappa shape index (κ2) is 14.1. The molecular weight excluding hydrogens is 645 g/mol. The fraction of sp³-hybridized carbons (Fsp3) is 0.447. The van der Waals surface area contributed by atoms with Crippen molar-refractivity contribution in [2.24, 2.45) is 11.3 Å². The van der Waals surface area contributed by atoms with Gasteiger partial charge in [-0.2, -0.15) is 0 Å². The van der Waals surface area contributed by atoms with Gasteiger partial charge in [0.25, 0.3) is 5.91 Å². The van der Waals surface area contributed by atoms with Gasteiger partial charge in [0.1, 0.15) is 5.82 Å². The Morgan fingerprint density at radius 2 is 1.67 bits per heavy atom. The molecule has 2 amide bonds. The number of aryl methyl sites for hydroxylation is 1. The number of rotatable bonds is 9. The molecule has 5 rings (SSSR count). The summed E-state index contributed by atoms with van der Waals surface area (Å²) < 4.78 is 2.01. The number of aromatic nitrogens is 2. The number of nitrogens with one attached hydrogen (secondary N) is 2. The van der Waals surface area contributed by atoms with Crippen molar-refractivity contribution in [1.82, 2.24) is 14.9 Å². The summed E-state index contributed by atoms with van der Waals surface area (Å²) in [6.45, 7) is 15.6. The lowest BCUT2D eigenvalue weighted by Gasteiger charge is -2.33. The molecule has 8 nitrogen and oxygen atoms in total. The number of hydrogen-bond acceptors (Lipinski definition) is 5. The number of piperidine rings is 1. The molecule has 1 aliphatic rings. The van der Waals surface area contributed by atoms with E-state index in [-0.39, 0.29) is 31.3 Å². The number of imidazole rings is 1. The van der Waals surface area contributed by atoms with E-state index in [0.717, 1.165) is 53.9 Å². The number of hydrogen-bond donors (Lipinski definition) is 3. The van der Waals surface area contributed by atoms with Crippen LogP contribution >= 0.6 is 23.2 Å². The molecule has 0 bridgehead atoms. The molecule has 1 saturated heterocycles. The van der Waals surface area contributed by atoms with Crippen LogP contribution in [0.15, 0.2) is 48.5 Å². The summed E-state index contributed by atoms with van der Waals surface area (Å²) in [5.74, 6) is 0.988. The van der Waals surface area contributed by atoms with Crippen LogP contribution in [0.1, 0.15) is 87.3 Å². The van der Waals surface area contributed by atoms with E-state index in [9.17, 15) is 14.7 Å². The zero-order valence-corrected chi connectivity index (χ0v) is 30.5. The maximum atomic E-state index is 13.9. The maximum absolute atomic E-state index is 13.9. The zero-order valence-electron chi connectivity index (χ0n) is 29.0. The van der Waals surface area contributed by atoms with Gasteiger partial charge in [-0.15, -0.1) is 0 Å². The molecule has 10 heteroatoms. The summed E-state index contributed by atoms with van der Waals surface area (Å²) in [5.41, 5.74) is 4.50. The number of carbonyl (C=O) groups excluding carboxylic acids is 2. The Hall–Kier alpha value is -3.59. The molecule has 0 aliphatic carbocycles. The van der Waals surface area contributed by atoms with Crippen molar-refractivity contribution in [3.05, 3.63) is 86.7 Å². The quantitative estimate of drug-likeness (QED) is 0.164. The largest absolute Gasteiger partial charge is 0.389 e. The summed E-state index contributed by atoms with van der Waals surface area (Å²) in [6.07, 6.45) is 2.36. The van der Waals surface area contributed by atoms with Gasteiger partial charge in [0.2, 0.25) is 5.91 Å². The Balaban J connectivity index is 1.59. The number of anilines is 2. The van der Waals surface area contributed by atoms with Crippen molar-refractivity contribution < 1.29 is 14.7 Å². The molecule has 0 atom stereocenters. The minimum absolute atomic E-state index is 0.0803. The molecular formula is C38H47Cl2N5O3. The van der Waals surface area contributed by atoms with Gasteiger partial charge in [-0.1, -0.05) is 74.7 Å². The highest BCUT2D eigenvalue weighted by atomic mass is 35.5. The van der Waals surface area contributed by atoms with Gasteiger partial charge in [0.15, 0.2) is 0 Å². The van der Waals surface area contributed by atoms with Crippen LogP contribution in [0.25, 0.3) is 11.0 Å². The molecule has 2 heterocycles. The first-order valence-corrected chi connectivity index (χ1v) is 17.4. The van der Waals surface area contributed by atoms with Crippen LogP contribution in [0, 0.1) is 18.3 Å². The second-order valence-corrected chi connectivity index (χ2v) is 15.7. The zero-order chi connectivity index (χ0) is 35.0. The van der Waals surface area contributed by atoms with E-state index in [1.807, 2.05) is 74.7 Å². The van der Waals surface area contributed by atoms with Crippen LogP contribution in [0.4, 0.5) is 11.4 Å². The van der Waals surface area contributed by atoms with E-state index in [0.29, 0.717) is 38.4 Å². The first kappa shape index (κ1) is 35.7. The highest BCUT2D eigenvalue weighted by Crippen LogP contribution is 2.35. The number of fused-ring (bicyclic) bond motifs is 1. The van der Waals surface area contributed by atoms with Gasteiger partial charge < -0.3 is 25.2 Å². The van der Waals surface area contributed by atoms with Gasteiger partial charge in [0, 0.05) is 42.2 Å². The van der Waals surface area contributed by atoms with Crippen LogP contribution in [0.5, 0.6) is 0 Å². The molecule has 1 aliphatic heterocycles. The summed E-state index contributed by atoms with van der Waals surface area (Å²) >= 11 is 13.7. The first-order valence-electron chi connectivity index (χ1n) is 16.6. The van der Waals surface area contributed by atoms with E-state index in [2.05, 4.69) is 22.5 Å². The molecule has 3 aromatic carbocycles. The third-order valence-electron chi connectivity index (χ3n) is 8.89. The average molecular weight is 693 g/mol. The van der Waals surface area contributed by atoms with E-state index >= 15 is 0 Å². The number of carbonyl (C=O) groups is 2. The molecule has 256 valence electrons. The standard InChI is InChI=1S/C38H47Cl2N5O3/c1-23-8-11-26(12-9-23)42-35(46)28-18-30-32(20-31(28)44-16-14-24(2)15-17-44)45(22-38(6,7)48)33(43-30)19-27-29(39)13-10-25(34(27)40)21-41-36(47)37(3,4)5/h8-13,18,20,24,48H,14-17,19,21-22H2,1-7H3,(H,41,47)(H,42,46). The van der Waals surface area contributed by atoms with E-state index in [1.165, 1.54) is 0 Å². The molecule has 0 saturated carbocycles. The molecule has 4 aromatic rings. The van der Waals surface area contributed by atoms with Crippen LogP contribution in [0.2, 0.25) is 10.0 Å². The Morgan fingerprint density at radius 3 is 2.29 bits per heavy atom. The van der Waals surface area contributed by atoms with Crippen molar-refractivity contribution in [3.8, 4) is 0 Å². The Morgan fingerprint density at radius 1 is 1.00 bits per heavy atom. The summed E-state index contributed by atoms with van der Waals surface area (Å²) in [7, 11) is 0. The lowest BCUT2D eigenvalue weighted by molar-refractivity contribution is -0.128. The number of benzene rings is 3. The van der Waals surface area contributed by atoms with E-state index in [4.69, 9.17) is 28.2 Å². The monoisotopic (exact) mass is 691 g/mol. The SMILES string of the molecule is Cc1ccc(NC(=O)c2cc3nc(Cc4c(Cl)ccc(CNC(=O)C(C)(C)C)c4Cl)n(CC(C)(C)O)c3cc2N2CCC(C)CC2)cc1. The first-order chi connectivity index (χ1) is 22.5. The smallest absolute Gasteiger partial charge is 0.257 e. The van der Waals surface area contributed by atoms with Crippen LogP contribution in [-0.4, -0.2) is 45.2 Å². The fourth-order valence-corrected chi connectivity index (χ4v) is 6.55. The molecule has 0 spiro atoms. The molecule has 3 N–H and O–H groups in total. The van der Waals surface area contributed by atoms with Crippen LogP contribution in [0.3, 0.4) is 0 Å². The van der Waals surface area contributed by atoms with Gasteiger partial charge >= 0.3 is 0 Å². The lowest BCUT2D eigenvalue weighted by atomic mass is 9.95. The number of aliphatic hydroxyl groups is 1. The second-order valence-electron chi connectivity index (χ2n) is 14.9. The van der Waals surface area contributed by atoms with E-state index < -0.39 is 11.0 Å². The highest BCUT2D eigenvalue weighted by molar-refractivity contribution is 6.36. The summed E-state index contributed by atoms with van der Waals surface area (Å²) in [6, 6.07) is 15.3. The Kier molecular flexibility index (Phi) is 10.5. The molecule has 48 heavy (non-hydrogen) atoms. The van der Waals surface area contributed by atoms with Crippen LogP contribution in [-0.2, 0) is 24.3 Å². The third-order valence-corrected chi connectivity index (χ3v) is 9.71. The van der Waals surface area contributed by atoms with Crippen molar-refractivity contribution in [3.63, 3.8) is 0 Å². The third kappa shape index (κ3) is 8.33. The lowest BCUT2D eigenvalue weighted by Crippen LogP contribution is -2.34. The normalized spacial score (nSPS) is 14.4. The molecule has 0 radical (unpaired) electrons. The van der Waals surface area contributed by atoms with E-state index in [1.54, 1.807) is 19.9 Å².